The van der Waals surface area contributed by atoms with Gasteiger partial charge in [-0.3, -0.25) is 9.59 Å². The number of aromatic nitrogens is 8. The Bertz CT molecular complexity index is 3010. The van der Waals surface area contributed by atoms with Crippen LogP contribution in [-0.4, -0.2) is 113 Å². The van der Waals surface area contributed by atoms with E-state index in [9.17, 15) is 35.2 Å². The van der Waals surface area contributed by atoms with Crippen molar-refractivity contribution in [1.29, 1.82) is 0 Å². The molecule has 0 saturated carbocycles. The Kier molecular flexibility index (Phi) is 13.9. The average molecular weight is 959 g/mol. The lowest BCUT2D eigenvalue weighted by atomic mass is 9.97. The van der Waals surface area contributed by atoms with Gasteiger partial charge in [0, 0.05) is 80.4 Å². The van der Waals surface area contributed by atoms with Crippen LogP contribution in [0.4, 0.5) is 8.78 Å². The van der Waals surface area contributed by atoms with Crippen LogP contribution < -0.4 is 16.4 Å². The number of aromatic amines is 2. The summed E-state index contributed by atoms with van der Waals surface area (Å²) in [6.45, 7) is 9.10. The van der Waals surface area contributed by atoms with E-state index >= 15 is 0 Å². The van der Waals surface area contributed by atoms with Gasteiger partial charge < -0.3 is 24.8 Å². The molecule has 6 aromatic rings. The Balaban J connectivity index is 0.000000150. The van der Waals surface area contributed by atoms with Crippen molar-refractivity contribution in [1.82, 2.24) is 48.8 Å². The molecule has 4 saturated heterocycles. The minimum absolute atomic E-state index is 0.0846. The molecule has 4 aliphatic rings. The first-order valence-electron chi connectivity index (χ1n) is 21.4. The minimum Gasteiger partial charge on any atom is -0.381 e. The summed E-state index contributed by atoms with van der Waals surface area (Å²) in [6, 6.07) is 9.51. The Hall–Kier alpha value is -4.97. The van der Waals surface area contributed by atoms with Gasteiger partial charge in [0.1, 0.15) is 34.9 Å². The Morgan fingerprint density at radius 2 is 1.17 bits per heavy atom. The highest BCUT2D eigenvalue weighted by Gasteiger charge is 2.40. The van der Waals surface area contributed by atoms with Crippen LogP contribution in [0.3, 0.4) is 0 Å². The third-order valence-electron chi connectivity index (χ3n) is 12.4. The summed E-state index contributed by atoms with van der Waals surface area (Å²) < 4.78 is 88.8. The predicted octanol–water partition coefficient (Wildman–Crippen LogP) is 4.26. The molecule has 8 heterocycles. The van der Waals surface area contributed by atoms with Crippen molar-refractivity contribution in [3.05, 3.63) is 117 Å². The average Bonchev–Trinajstić information content (AvgIpc) is 4.11. The smallest absolute Gasteiger partial charge is 0.276 e. The molecule has 348 valence electrons. The molecule has 4 atom stereocenters. The first-order valence-corrected chi connectivity index (χ1v) is 25.1. The van der Waals surface area contributed by atoms with Crippen molar-refractivity contribution >= 4 is 40.8 Å². The third kappa shape index (κ3) is 10.2. The molecule has 3 N–H and O–H groups in total. The van der Waals surface area contributed by atoms with E-state index in [2.05, 4.69) is 37.3 Å². The highest BCUT2D eigenvalue weighted by Crippen LogP contribution is 2.35. The number of hydrogen-bond donors (Lipinski definition) is 3. The maximum Gasteiger partial charge on any atom is 0.276 e. The van der Waals surface area contributed by atoms with E-state index in [0.29, 0.717) is 41.9 Å². The van der Waals surface area contributed by atoms with Crippen LogP contribution in [-0.2, 0) is 28.5 Å². The van der Waals surface area contributed by atoms with E-state index in [0.717, 1.165) is 87.7 Å². The number of nitrogens with zero attached hydrogens (tertiary/aromatic N) is 7. The fraction of sp³-hybridized carbons (Fsp3) is 0.476. The van der Waals surface area contributed by atoms with Gasteiger partial charge in [-0.25, -0.2) is 44.6 Å². The largest absolute Gasteiger partial charge is 0.381 e. The Labute approximate surface area is 377 Å². The van der Waals surface area contributed by atoms with E-state index in [1.807, 2.05) is 6.92 Å². The lowest BCUT2D eigenvalue weighted by Gasteiger charge is -2.21. The molecule has 18 nitrogen and oxygen atoms in total. The van der Waals surface area contributed by atoms with E-state index < -0.39 is 30.7 Å². The highest BCUT2D eigenvalue weighted by molar-refractivity contribution is 8.13. The first kappa shape index (κ1) is 46.6. The lowest BCUT2D eigenvalue weighted by molar-refractivity contribution is 0.0831. The predicted molar refractivity (Wildman–Crippen MR) is 234 cm³/mol. The number of ether oxygens (including phenoxy) is 2. The van der Waals surface area contributed by atoms with E-state index in [1.54, 1.807) is 15.2 Å². The van der Waals surface area contributed by atoms with Crippen LogP contribution in [0.15, 0.2) is 80.3 Å². The van der Waals surface area contributed by atoms with Crippen LogP contribution in [0.25, 0.3) is 11.0 Å². The van der Waals surface area contributed by atoms with Crippen LogP contribution in [0.2, 0.25) is 0 Å². The maximum atomic E-state index is 13.6. The number of hydrogen-bond acceptors (Lipinski definition) is 13. The van der Waals surface area contributed by atoms with Gasteiger partial charge in [-0.05, 0) is 80.5 Å². The second-order valence-corrected chi connectivity index (χ2v) is 21.3. The van der Waals surface area contributed by atoms with Gasteiger partial charge in [-0.15, -0.1) is 0 Å². The summed E-state index contributed by atoms with van der Waals surface area (Å²) in [4.78, 5) is 39.5. The maximum absolute atomic E-state index is 13.6. The van der Waals surface area contributed by atoms with Gasteiger partial charge in [0.05, 0.1) is 22.2 Å². The monoisotopic (exact) mass is 958 g/mol. The molecule has 65 heavy (non-hydrogen) atoms. The molecule has 0 radical (unpaired) electrons. The topological polar surface area (TPSA) is 228 Å². The molecule has 23 heteroatoms. The van der Waals surface area contributed by atoms with Crippen LogP contribution in [0.1, 0.15) is 86.5 Å². The molecule has 4 aromatic heterocycles. The summed E-state index contributed by atoms with van der Waals surface area (Å²) in [7, 11) is -2.72. The van der Waals surface area contributed by atoms with Crippen LogP contribution in [0, 0.1) is 23.5 Å². The third-order valence-corrected chi connectivity index (χ3v) is 15.6. The minimum atomic E-state index is -3.86. The number of fused-ring (bicyclic) bond motifs is 2. The molecule has 0 aliphatic carbocycles. The number of nitrogens with one attached hydrogen (secondary N) is 3. The molecule has 10 rings (SSSR count). The Morgan fingerprint density at radius 1 is 0.677 bits per heavy atom. The first-order chi connectivity index (χ1) is 31.1. The number of halogens is 3. The summed E-state index contributed by atoms with van der Waals surface area (Å²) >= 11 is 0. The van der Waals surface area contributed by atoms with Crippen LogP contribution in [0.5, 0.6) is 0 Å². The number of sulfonamides is 1. The van der Waals surface area contributed by atoms with E-state index in [4.69, 9.17) is 25.3 Å². The molecular weight excluding hydrogens is 910 g/mol. The van der Waals surface area contributed by atoms with Crippen molar-refractivity contribution in [2.75, 3.05) is 52.6 Å². The van der Waals surface area contributed by atoms with Crippen molar-refractivity contribution in [3.8, 4) is 0 Å². The van der Waals surface area contributed by atoms with Gasteiger partial charge in [0.15, 0.2) is 11.0 Å². The second kappa shape index (κ2) is 19.5. The molecular formula is C42H49ClF2N10O8S2. The molecule has 2 aromatic carbocycles. The quantitative estimate of drug-likeness (QED) is 0.190. The Morgan fingerprint density at radius 3 is 1.63 bits per heavy atom. The molecule has 4 fully saturated rings. The zero-order valence-corrected chi connectivity index (χ0v) is 38.0. The molecule has 0 spiro atoms. The van der Waals surface area contributed by atoms with Crippen molar-refractivity contribution in [2.45, 2.75) is 73.0 Å². The molecule has 4 unspecified atom stereocenters. The summed E-state index contributed by atoms with van der Waals surface area (Å²) in [6.07, 6.45) is 6.65. The van der Waals surface area contributed by atoms with Crippen LogP contribution >= 0.6 is 10.7 Å². The van der Waals surface area contributed by atoms with Crippen molar-refractivity contribution in [2.24, 2.45) is 11.8 Å². The van der Waals surface area contributed by atoms with Gasteiger partial charge in [0.25, 0.3) is 20.2 Å². The summed E-state index contributed by atoms with van der Waals surface area (Å²) in [5.74, 6) is 2.39. The van der Waals surface area contributed by atoms with E-state index in [-0.39, 0.29) is 57.7 Å². The standard InChI is InChI=1S/C21H24FN5O4S.C15H21N5O2.C6H4ClFO2S/c1-13-11-26(32(29,30)16-4-2-3-15(22)9-16)12-17(13)19-24-21(28)18-10-23-20(27(18)25-19)14-5-7-31-8-6-14;1-9-6-16-7-11(9)13-18-15(21)12-8-17-14(20(12)19-13)10-2-4-22-5-3-10;7-11(9,10)6-3-1-2-5(8)4-6/h2-4,9-10,13-14,17H,5-8,11-12H2,1H3,(H,24,25,28);8-11,16H,2-7H2,1H3,(H,18,19,21);1-4H. The number of H-pyrrole nitrogens is 2. The summed E-state index contributed by atoms with van der Waals surface area (Å²) in [5.41, 5.74) is 0.489. The van der Waals surface area contributed by atoms with Gasteiger partial charge in [-0.1, -0.05) is 26.0 Å². The molecule has 0 amide bonds. The normalized spacial score (nSPS) is 22.4. The second-order valence-electron chi connectivity index (χ2n) is 16.8. The number of benzene rings is 2. The van der Waals surface area contributed by atoms with E-state index in [1.165, 1.54) is 40.8 Å². The zero-order valence-electron chi connectivity index (χ0n) is 35.6. The zero-order chi connectivity index (χ0) is 46.0. The van der Waals surface area contributed by atoms with Gasteiger partial charge in [-0.2, -0.15) is 14.5 Å². The molecule has 0 bridgehead atoms. The summed E-state index contributed by atoms with van der Waals surface area (Å²) in [5, 5.41) is 12.8. The highest BCUT2D eigenvalue weighted by atomic mass is 35.7. The van der Waals surface area contributed by atoms with Gasteiger partial charge >= 0.3 is 0 Å². The van der Waals surface area contributed by atoms with Crippen molar-refractivity contribution in [3.63, 3.8) is 0 Å². The fourth-order valence-corrected chi connectivity index (χ4v) is 11.1. The molecule has 4 aliphatic heterocycles. The number of imidazole rings is 2. The fourth-order valence-electron chi connectivity index (χ4n) is 8.71. The SMILES string of the molecule is CC1CN(S(=O)(=O)c2cccc(F)c2)CC1c1nn2c(C3CCOCC3)ncc2c(=O)[nH]1.CC1CNCC1c1nn2c(C3CCOCC3)ncc2c(=O)[nH]1.O=S(=O)(Cl)c1cccc(F)c1. The number of rotatable bonds is 7. The lowest BCUT2D eigenvalue weighted by Crippen LogP contribution is -2.29. The van der Waals surface area contributed by atoms with Crippen molar-refractivity contribution < 1.29 is 35.1 Å². The van der Waals surface area contributed by atoms with Gasteiger partial charge in [0.2, 0.25) is 10.0 Å².